The molecule has 0 aromatic carbocycles. The number of fused-ring (bicyclic) bond motifs is 1. The molecule has 152 valence electrons. The summed E-state index contributed by atoms with van der Waals surface area (Å²) in [5.74, 6) is 0.355. The quantitative estimate of drug-likeness (QED) is 0.646. The highest BCUT2D eigenvalue weighted by molar-refractivity contribution is 5.80. The molecule has 1 fully saturated rings. The van der Waals surface area contributed by atoms with Crippen LogP contribution < -0.4 is 4.74 Å². The molecule has 3 aromatic heterocycles. The number of pyridine rings is 1. The number of aromatic nitrogens is 4. The third-order valence-corrected chi connectivity index (χ3v) is 5.04. The Hall–Kier alpha value is -3.75. The maximum Gasteiger partial charge on any atom is 0.414 e. The first-order valence-corrected chi connectivity index (χ1v) is 9.52. The number of hydrogen-bond acceptors (Lipinski definition) is 6. The minimum Gasteiger partial charge on any atom is -0.473 e. The third kappa shape index (κ3) is 3.49. The van der Waals surface area contributed by atoms with Gasteiger partial charge in [-0.05, 0) is 24.3 Å². The maximum atomic E-state index is 15.0. The van der Waals surface area contributed by atoms with Crippen molar-refractivity contribution in [2.45, 2.75) is 18.7 Å². The first-order chi connectivity index (χ1) is 14.7. The molecule has 5 rings (SSSR count). The summed E-state index contributed by atoms with van der Waals surface area (Å²) >= 11 is 0. The van der Waals surface area contributed by atoms with Gasteiger partial charge in [0.25, 0.3) is 0 Å². The molecule has 8 nitrogen and oxygen atoms in total. The summed E-state index contributed by atoms with van der Waals surface area (Å²) < 4.78 is 27.6. The van der Waals surface area contributed by atoms with Crippen LogP contribution in [0, 0.1) is 0 Å². The van der Waals surface area contributed by atoms with Crippen LogP contribution in [0.5, 0.6) is 5.88 Å². The lowest BCUT2D eigenvalue weighted by Gasteiger charge is -2.24. The Balaban J connectivity index is 1.29. The van der Waals surface area contributed by atoms with Crippen LogP contribution in [0.25, 0.3) is 16.6 Å². The molecular weight excluding hydrogens is 389 g/mol. The van der Waals surface area contributed by atoms with Gasteiger partial charge in [0.15, 0.2) is 6.10 Å². The van der Waals surface area contributed by atoms with Crippen LogP contribution in [0.4, 0.5) is 9.18 Å². The standard InChI is InChI=1S/C21H18FN5O3/c22-17-8-15(3-4-19(17)26-10-14-2-1-5-24-18(14)12-26)27-11-16(30-21(27)28)13-29-20-9-23-6-7-25-20/h1-7,9-10,12,16-17H,8,11,13H2/t16-,17?/m1/s1. The fraction of sp³-hybridized carbons (Fsp3) is 0.238. The van der Waals surface area contributed by atoms with Gasteiger partial charge in [-0.25, -0.2) is 14.2 Å². The smallest absolute Gasteiger partial charge is 0.414 e. The lowest BCUT2D eigenvalue weighted by molar-refractivity contribution is 0.101. The van der Waals surface area contributed by atoms with E-state index in [1.165, 1.54) is 17.3 Å². The van der Waals surface area contributed by atoms with Crippen LogP contribution in [-0.4, -0.2) is 55.9 Å². The molecule has 9 heteroatoms. The summed E-state index contributed by atoms with van der Waals surface area (Å²) in [6.07, 6.45) is 11.2. The van der Waals surface area contributed by atoms with Crippen LogP contribution in [0.2, 0.25) is 0 Å². The number of carbonyl (C=O) groups is 1. The Morgan fingerprint density at radius 1 is 1.20 bits per heavy atom. The van der Waals surface area contributed by atoms with E-state index in [0.717, 1.165) is 10.9 Å². The first kappa shape index (κ1) is 18.3. The molecule has 1 saturated heterocycles. The Morgan fingerprint density at radius 2 is 2.13 bits per heavy atom. The normalized spacial score (nSPS) is 21.4. The van der Waals surface area contributed by atoms with Crippen LogP contribution in [0.15, 0.2) is 67.2 Å². The minimum atomic E-state index is -1.26. The van der Waals surface area contributed by atoms with Gasteiger partial charge in [-0.2, -0.15) is 0 Å². The molecule has 3 aromatic rings. The highest BCUT2D eigenvalue weighted by atomic mass is 19.1. The van der Waals surface area contributed by atoms with E-state index in [2.05, 4.69) is 15.0 Å². The minimum absolute atomic E-state index is 0.0840. The van der Waals surface area contributed by atoms with Crippen molar-refractivity contribution in [3.05, 3.63) is 67.2 Å². The largest absolute Gasteiger partial charge is 0.473 e. The van der Waals surface area contributed by atoms with Crippen LogP contribution in [-0.2, 0) is 4.74 Å². The number of nitrogens with zero attached hydrogens (tertiary/aromatic N) is 5. The number of alkyl halides is 1. The molecule has 0 spiro atoms. The van der Waals surface area contributed by atoms with Gasteiger partial charge in [-0.15, -0.1) is 0 Å². The van der Waals surface area contributed by atoms with Gasteiger partial charge in [-0.1, -0.05) is 0 Å². The van der Waals surface area contributed by atoms with Gasteiger partial charge in [0.1, 0.15) is 12.8 Å². The molecule has 1 amide bonds. The monoisotopic (exact) mass is 407 g/mol. The predicted octanol–water partition coefficient (Wildman–Crippen LogP) is 3.19. The second-order valence-electron chi connectivity index (χ2n) is 7.04. The van der Waals surface area contributed by atoms with E-state index in [4.69, 9.17) is 9.47 Å². The molecule has 30 heavy (non-hydrogen) atoms. The van der Waals surface area contributed by atoms with E-state index in [1.54, 1.807) is 35.3 Å². The lowest BCUT2D eigenvalue weighted by Crippen LogP contribution is -2.29. The van der Waals surface area contributed by atoms with E-state index in [1.807, 2.05) is 18.3 Å². The van der Waals surface area contributed by atoms with Crippen molar-refractivity contribution in [3.8, 4) is 5.88 Å². The van der Waals surface area contributed by atoms with Gasteiger partial charge >= 0.3 is 6.09 Å². The van der Waals surface area contributed by atoms with Crippen molar-refractivity contribution in [2.24, 2.45) is 0 Å². The number of halogens is 1. The Bertz CT molecular complexity index is 1110. The average Bonchev–Trinajstić information content (AvgIpc) is 3.36. The number of allylic oxidation sites excluding steroid dienone is 4. The Labute approximate surface area is 171 Å². The number of cyclic esters (lactones) is 1. The zero-order valence-corrected chi connectivity index (χ0v) is 15.9. The van der Waals surface area contributed by atoms with Gasteiger partial charge in [0.05, 0.1) is 24.0 Å². The van der Waals surface area contributed by atoms with Crippen molar-refractivity contribution in [3.63, 3.8) is 0 Å². The first-order valence-electron chi connectivity index (χ1n) is 9.52. The molecule has 1 aliphatic carbocycles. The molecule has 1 aliphatic heterocycles. The molecule has 4 heterocycles. The lowest BCUT2D eigenvalue weighted by atomic mass is 10.0. The maximum absolute atomic E-state index is 15.0. The number of hydrogen-bond donors (Lipinski definition) is 0. The summed E-state index contributed by atoms with van der Waals surface area (Å²) in [5.41, 5.74) is 1.88. The highest BCUT2D eigenvalue weighted by Gasteiger charge is 2.36. The molecule has 0 radical (unpaired) electrons. The zero-order valence-electron chi connectivity index (χ0n) is 15.9. The van der Waals surface area contributed by atoms with Crippen molar-refractivity contribution in [2.75, 3.05) is 13.2 Å². The summed E-state index contributed by atoms with van der Waals surface area (Å²) in [6.45, 7) is 0.440. The molecule has 2 atom stereocenters. The predicted molar refractivity (Wildman–Crippen MR) is 106 cm³/mol. The van der Waals surface area contributed by atoms with Gasteiger partial charge < -0.3 is 14.0 Å². The molecule has 2 aliphatic rings. The van der Waals surface area contributed by atoms with Crippen molar-refractivity contribution >= 4 is 22.7 Å². The SMILES string of the molecule is O=C1O[C@@H](COc2cnccn2)CN1C1=CC=C(n2cc3cccnc3c2)C(F)C1. The molecule has 1 unspecified atom stereocenters. The van der Waals surface area contributed by atoms with Crippen molar-refractivity contribution in [1.29, 1.82) is 0 Å². The van der Waals surface area contributed by atoms with Gasteiger partial charge in [0, 0.05) is 48.5 Å². The van der Waals surface area contributed by atoms with E-state index in [-0.39, 0.29) is 19.6 Å². The second-order valence-corrected chi connectivity index (χ2v) is 7.04. The fourth-order valence-corrected chi connectivity index (χ4v) is 3.59. The molecule has 0 N–H and O–H groups in total. The molecule has 0 bridgehead atoms. The number of ether oxygens (including phenoxy) is 2. The topological polar surface area (TPSA) is 82.4 Å². The number of carbonyl (C=O) groups excluding carboxylic acids is 1. The van der Waals surface area contributed by atoms with Crippen molar-refractivity contribution < 1.29 is 18.7 Å². The van der Waals surface area contributed by atoms with Crippen LogP contribution in [0.3, 0.4) is 0 Å². The zero-order chi connectivity index (χ0) is 20.5. The number of rotatable bonds is 5. The fourth-order valence-electron chi connectivity index (χ4n) is 3.59. The summed E-state index contributed by atoms with van der Waals surface area (Å²) in [6, 6.07) is 3.77. The molecular formula is C21H18FN5O3. The second kappa shape index (κ2) is 7.58. The Kier molecular flexibility index (Phi) is 4.62. The average molecular weight is 407 g/mol. The van der Waals surface area contributed by atoms with Crippen molar-refractivity contribution in [1.82, 2.24) is 24.4 Å². The summed E-state index contributed by atoms with van der Waals surface area (Å²) in [7, 11) is 0. The van der Waals surface area contributed by atoms with E-state index < -0.39 is 18.4 Å². The Morgan fingerprint density at radius 3 is 2.93 bits per heavy atom. The van der Waals surface area contributed by atoms with Crippen LogP contribution in [0.1, 0.15) is 6.42 Å². The third-order valence-electron chi connectivity index (χ3n) is 5.04. The number of amides is 1. The highest BCUT2D eigenvalue weighted by Crippen LogP contribution is 2.31. The molecule has 0 saturated carbocycles. The van der Waals surface area contributed by atoms with E-state index >= 15 is 0 Å². The summed E-state index contributed by atoms with van der Waals surface area (Å²) in [4.78, 5) is 26.0. The van der Waals surface area contributed by atoms with Gasteiger partial charge in [0.2, 0.25) is 5.88 Å². The van der Waals surface area contributed by atoms with E-state index in [0.29, 0.717) is 17.3 Å². The van der Waals surface area contributed by atoms with Crippen LogP contribution >= 0.6 is 0 Å². The van der Waals surface area contributed by atoms with E-state index in [9.17, 15) is 9.18 Å². The summed E-state index contributed by atoms with van der Waals surface area (Å²) in [5, 5.41) is 0.939. The van der Waals surface area contributed by atoms with Gasteiger partial charge in [-0.3, -0.25) is 14.9 Å².